The molecule has 41 heavy (non-hydrogen) atoms. The Bertz CT molecular complexity index is 2030. The molecule has 2 aliphatic rings. The van der Waals surface area contributed by atoms with Gasteiger partial charge in [0.2, 0.25) is 0 Å². The summed E-state index contributed by atoms with van der Waals surface area (Å²) in [6.45, 7) is 0. The first-order valence-electron chi connectivity index (χ1n) is 13.0. The molecule has 5 heterocycles. The normalized spacial score (nSPS) is 11.7. The van der Waals surface area contributed by atoms with Crippen LogP contribution in [-0.4, -0.2) is 59.7 Å². The van der Waals surface area contributed by atoms with Crippen LogP contribution in [0.2, 0.25) is 0 Å². The molecule has 9 rings (SSSR count). The van der Waals surface area contributed by atoms with E-state index in [0.29, 0.717) is 45.9 Å². The molecule has 0 atom stereocenters. The van der Waals surface area contributed by atoms with E-state index in [0.717, 1.165) is 43.8 Å². The van der Waals surface area contributed by atoms with Gasteiger partial charge in [0, 0.05) is 43.8 Å². The summed E-state index contributed by atoms with van der Waals surface area (Å²) in [6, 6.07) is 32.2. The number of fused-ring (bicyclic) bond motifs is 20. The maximum absolute atomic E-state index is 5.02. The molecule has 0 radical (unpaired) electrons. The van der Waals surface area contributed by atoms with Crippen molar-refractivity contribution in [2.75, 3.05) is 0 Å². The van der Waals surface area contributed by atoms with Gasteiger partial charge in [0.1, 0.15) is 22.6 Å². The molecule has 7 aromatic rings. The van der Waals surface area contributed by atoms with Crippen LogP contribution in [0.3, 0.4) is 0 Å². The van der Waals surface area contributed by atoms with Gasteiger partial charge in [0.25, 0.3) is 0 Å². The molecule has 2 N–H and O–H groups in total. The third kappa shape index (κ3) is 3.56. The Morgan fingerprint density at radius 3 is 0.829 bits per heavy atom. The number of benzene rings is 4. The van der Waals surface area contributed by atoms with Crippen LogP contribution in [0.15, 0.2) is 97.1 Å². The number of aromatic amines is 2. The van der Waals surface area contributed by atoms with Crippen molar-refractivity contribution in [1.29, 1.82) is 0 Å². The molecule has 8 nitrogen and oxygen atoms in total. The number of nitrogens with one attached hydrogen (secondary N) is 2. The first-order valence-corrected chi connectivity index (χ1v) is 13.0. The summed E-state index contributed by atoms with van der Waals surface area (Å²) in [7, 11) is 0. The number of hydrogen-bond donors (Lipinski definition) is 2. The largest absolute Gasteiger partial charge is 0.324 e. The SMILES string of the molecule is [GaH3].c1ccc2c(c1)-c1nc-2nc2[nH]c(nc3nc(nc4[nH]c(n1)c1ccccc41)-c1ccccc1-3)c1ccccc21. The quantitative estimate of drug-likeness (QED) is 0.221. The second-order valence-corrected chi connectivity index (χ2v) is 9.79. The number of rotatable bonds is 0. The minimum absolute atomic E-state index is 0. The third-order valence-corrected chi connectivity index (χ3v) is 7.46. The molecule has 2 aliphatic heterocycles. The predicted molar refractivity (Wildman–Crippen MR) is 166 cm³/mol. The topological polar surface area (TPSA) is 109 Å². The monoisotopic (exact) mass is 586 g/mol. The molecule has 9 heteroatoms. The molecule has 8 bridgehead atoms. The molecule has 4 aromatic carbocycles. The maximum atomic E-state index is 5.02. The molecule has 0 saturated carbocycles. The van der Waals surface area contributed by atoms with Crippen molar-refractivity contribution in [3.8, 4) is 45.6 Å². The summed E-state index contributed by atoms with van der Waals surface area (Å²) in [6.07, 6.45) is 0. The molecule has 0 aliphatic carbocycles. The molecular weight excluding hydrogens is 566 g/mol. The molecule has 3 aromatic heterocycles. The second kappa shape index (κ2) is 8.95. The fraction of sp³-hybridized carbons (Fsp3) is 0. The van der Waals surface area contributed by atoms with Crippen LogP contribution in [0.5, 0.6) is 0 Å². The van der Waals surface area contributed by atoms with Gasteiger partial charge in [-0.2, -0.15) is 0 Å². The van der Waals surface area contributed by atoms with E-state index in [-0.39, 0.29) is 19.8 Å². The Labute approximate surface area is 245 Å². The Morgan fingerprint density at radius 1 is 0.317 bits per heavy atom. The number of aromatic nitrogens is 8. The van der Waals surface area contributed by atoms with Gasteiger partial charge in [-0.1, -0.05) is 97.1 Å². The zero-order valence-electron chi connectivity index (χ0n) is 20.9. The summed E-state index contributed by atoms with van der Waals surface area (Å²) in [4.78, 5) is 36.8. The van der Waals surface area contributed by atoms with Crippen molar-refractivity contribution in [3.63, 3.8) is 0 Å². The van der Waals surface area contributed by atoms with Gasteiger partial charge in [-0.3, -0.25) is 0 Å². The van der Waals surface area contributed by atoms with E-state index in [1.165, 1.54) is 0 Å². The van der Waals surface area contributed by atoms with Crippen molar-refractivity contribution in [1.82, 2.24) is 39.9 Å². The maximum Gasteiger partial charge on any atom is 0.164 e. The summed E-state index contributed by atoms with van der Waals surface area (Å²) in [5.74, 6) is 2.39. The summed E-state index contributed by atoms with van der Waals surface area (Å²) < 4.78 is 0. The zero-order chi connectivity index (χ0) is 26.2. The molecule has 0 spiro atoms. The van der Waals surface area contributed by atoms with Crippen molar-refractivity contribution >= 4 is 63.9 Å². The molecule has 0 fully saturated rings. The van der Waals surface area contributed by atoms with E-state index in [4.69, 9.17) is 29.9 Å². The number of nitrogens with zero attached hydrogens (tertiary/aromatic N) is 6. The van der Waals surface area contributed by atoms with Crippen molar-refractivity contribution < 1.29 is 0 Å². The van der Waals surface area contributed by atoms with Crippen LogP contribution in [0.25, 0.3) is 89.7 Å². The van der Waals surface area contributed by atoms with Crippen LogP contribution in [0.1, 0.15) is 0 Å². The molecule has 0 unspecified atom stereocenters. The predicted octanol–water partition coefficient (Wildman–Crippen LogP) is 5.69. The molecular formula is C32H21GaN8. The van der Waals surface area contributed by atoms with Gasteiger partial charge in [-0.25, -0.2) is 29.9 Å². The fourth-order valence-electron chi connectivity index (χ4n) is 5.59. The fourth-order valence-corrected chi connectivity index (χ4v) is 5.59. The van der Waals surface area contributed by atoms with Crippen LogP contribution in [0, 0.1) is 0 Å². The molecule has 0 saturated heterocycles. The van der Waals surface area contributed by atoms with Gasteiger partial charge in [-0.05, 0) is 0 Å². The third-order valence-electron chi connectivity index (χ3n) is 7.46. The van der Waals surface area contributed by atoms with E-state index in [9.17, 15) is 0 Å². The van der Waals surface area contributed by atoms with Gasteiger partial charge in [0.15, 0.2) is 23.3 Å². The molecule has 0 amide bonds. The van der Waals surface area contributed by atoms with Crippen molar-refractivity contribution in [3.05, 3.63) is 97.1 Å². The van der Waals surface area contributed by atoms with Gasteiger partial charge in [0.05, 0.1) is 0 Å². The smallest absolute Gasteiger partial charge is 0.164 e. The minimum Gasteiger partial charge on any atom is -0.324 e. The Kier molecular flexibility index (Phi) is 5.18. The van der Waals surface area contributed by atoms with Crippen molar-refractivity contribution in [2.24, 2.45) is 0 Å². The Hall–Kier alpha value is -5.12. The average Bonchev–Trinajstić information content (AvgIpc) is 3.73. The Balaban J connectivity index is 0.00000256. The number of hydrogen-bond acceptors (Lipinski definition) is 6. The van der Waals surface area contributed by atoms with Crippen LogP contribution in [-0.2, 0) is 0 Å². The summed E-state index contributed by atoms with van der Waals surface area (Å²) in [5.41, 5.74) is 6.45. The first-order chi connectivity index (χ1) is 19.8. The van der Waals surface area contributed by atoms with Crippen LogP contribution >= 0.6 is 0 Å². The minimum atomic E-state index is 0. The first kappa shape index (κ1) is 23.7. The number of H-pyrrole nitrogens is 2. The van der Waals surface area contributed by atoms with E-state index in [2.05, 4.69) is 9.97 Å². The van der Waals surface area contributed by atoms with Gasteiger partial charge in [-0.15, -0.1) is 0 Å². The van der Waals surface area contributed by atoms with Crippen molar-refractivity contribution in [2.45, 2.75) is 0 Å². The summed E-state index contributed by atoms with van der Waals surface area (Å²) in [5, 5.41) is 3.82. The molecule has 192 valence electrons. The van der Waals surface area contributed by atoms with E-state index >= 15 is 0 Å². The summed E-state index contributed by atoms with van der Waals surface area (Å²) >= 11 is 0. The van der Waals surface area contributed by atoms with E-state index < -0.39 is 0 Å². The zero-order valence-corrected chi connectivity index (χ0v) is 20.9. The second-order valence-electron chi connectivity index (χ2n) is 9.79. The van der Waals surface area contributed by atoms with E-state index in [1.54, 1.807) is 0 Å². The van der Waals surface area contributed by atoms with Gasteiger partial charge < -0.3 is 9.97 Å². The van der Waals surface area contributed by atoms with Crippen LogP contribution in [0.4, 0.5) is 0 Å². The van der Waals surface area contributed by atoms with Gasteiger partial charge >= 0.3 is 19.8 Å². The standard InChI is InChI=1S/C32H18N8.Ga.3H/c1-2-10-18-17(9-1)25-33-26(18)38-28-21-13-5-6-14-22(21)30(35-28)40-32-24-16-8-7-15-23(24)31(36-32)39-29-20-12-4-3-11-19(20)27(34-29)37-25;;;;/h1-16H,(H2,33,34,35,36,37,38,39,40);;;;. The Morgan fingerprint density at radius 2 is 0.561 bits per heavy atom. The van der Waals surface area contributed by atoms with Crippen LogP contribution < -0.4 is 0 Å². The average molecular weight is 587 g/mol. The van der Waals surface area contributed by atoms with E-state index in [1.807, 2.05) is 97.1 Å².